The molecule has 0 spiro atoms. The number of pyridine rings is 1. The fourth-order valence-corrected chi connectivity index (χ4v) is 3.96. The second-order valence-corrected chi connectivity index (χ2v) is 8.81. The molecule has 0 bridgehead atoms. The minimum Gasteiger partial charge on any atom is -0.489 e. The molecule has 188 valence electrons. The van der Waals surface area contributed by atoms with Crippen LogP contribution in [0.15, 0.2) is 61.3 Å². The summed E-state index contributed by atoms with van der Waals surface area (Å²) in [7, 11) is 0. The number of halogens is 2. The van der Waals surface area contributed by atoms with Gasteiger partial charge in [0.2, 0.25) is 11.8 Å². The van der Waals surface area contributed by atoms with Gasteiger partial charge in [-0.05, 0) is 31.9 Å². The molecular formula is C25H26ClFN6O3. The van der Waals surface area contributed by atoms with Gasteiger partial charge in [-0.3, -0.25) is 19.3 Å². The molecule has 3 aromatic rings. The highest BCUT2D eigenvalue weighted by molar-refractivity contribution is 6.33. The van der Waals surface area contributed by atoms with Crippen LogP contribution in [-0.4, -0.2) is 50.7 Å². The zero-order chi connectivity index (χ0) is 25.5. The summed E-state index contributed by atoms with van der Waals surface area (Å²) in [5.74, 6) is -0.384. The molecule has 1 aliphatic rings. The molecule has 0 saturated carbocycles. The molecule has 1 aliphatic heterocycles. The van der Waals surface area contributed by atoms with Gasteiger partial charge in [0.05, 0.1) is 35.3 Å². The maximum absolute atomic E-state index is 13.7. The summed E-state index contributed by atoms with van der Waals surface area (Å²) in [6.45, 7) is 3.24. The van der Waals surface area contributed by atoms with Crippen LogP contribution in [0.25, 0.3) is 0 Å². The van der Waals surface area contributed by atoms with Gasteiger partial charge in [-0.25, -0.2) is 4.39 Å². The van der Waals surface area contributed by atoms with Gasteiger partial charge in [0, 0.05) is 31.2 Å². The van der Waals surface area contributed by atoms with E-state index < -0.39 is 11.7 Å². The number of benzene rings is 1. The fourth-order valence-electron chi connectivity index (χ4n) is 3.76. The standard InChI is InChI=1S/C25H26ClFN6O3/c1-17-4-6-19(7-5-17)36-20-3-2-10-32(15-20)24(35)16-33-14-18(11-30-33)31-23(34)8-9-29-25-21(26)12-28-13-22(25)27/h4-9,11-14,20H,2-3,10,15-16H2,1H3,(H,28,29)(H,31,34)/t20-/m0/s1. The second kappa shape index (κ2) is 11.7. The lowest BCUT2D eigenvalue weighted by Crippen LogP contribution is -2.45. The molecule has 9 nitrogen and oxygen atoms in total. The first-order valence-corrected chi connectivity index (χ1v) is 11.8. The van der Waals surface area contributed by atoms with Crippen LogP contribution < -0.4 is 15.4 Å². The zero-order valence-corrected chi connectivity index (χ0v) is 20.4. The number of rotatable bonds is 8. The summed E-state index contributed by atoms with van der Waals surface area (Å²) in [5.41, 5.74) is 1.60. The minimum atomic E-state index is -0.639. The van der Waals surface area contributed by atoms with E-state index in [0.717, 1.165) is 30.4 Å². The van der Waals surface area contributed by atoms with Crippen LogP contribution in [0.5, 0.6) is 5.75 Å². The fraction of sp³-hybridized carbons (Fsp3) is 0.280. The highest BCUT2D eigenvalue weighted by Crippen LogP contribution is 2.23. The van der Waals surface area contributed by atoms with E-state index >= 15 is 0 Å². The van der Waals surface area contributed by atoms with Crippen molar-refractivity contribution >= 4 is 34.8 Å². The predicted octanol–water partition coefficient (Wildman–Crippen LogP) is 4.01. The van der Waals surface area contributed by atoms with Crippen molar-refractivity contribution in [3.8, 4) is 5.75 Å². The van der Waals surface area contributed by atoms with E-state index in [-0.39, 0.29) is 29.3 Å². The van der Waals surface area contributed by atoms with E-state index in [2.05, 4.69) is 20.7 Å². The minimum absolute atomic E-state index is 0.0197. The summed E-state index contributed by atoms with van der Waals surface area (Å²) in [6, 6.07) is 7.87. The summed E-state index contributed by atoms with van der Waals surface area (Å²) in [4.78, 5) is 30.4. The lowest BCUT2D eigenvalue weighted by atomic mass is 10.1. The third-order valence-electron chi connectivity index (χ3n) is 5.57. The van der Waals surface area contributed by atoms with Crippen molar-refractivity contribution in [2.75, 3.05) is 23.7 Å². The molecule has 2 N–H and O–H groups in total. The van der Waals surface area contributed by atoms with E-state index in [4.69, 9.17) is 16.3 Å². The molecule has 3 heterocycles. The Kier molecular flexibility index (Phi) is 8.17. The Hall–Kier alpha value is -3.92. The number of nitrogens with one attached hydrogen (secondary N) is 2. The van der Waals surface area contributed by atoms with Crippen LogP contribution in [0.3, 0.4) is 0 Å². The Morgan fingerprint density at radius 3 is 2.83 bits per heavy atom. The van der Waals surface area contributed by atoms with E-state index in [1.165, 1.54) is 29.4 Å². The molecule has 11 heteroatoms. The lowest BCUT2D eigenvalue weighted by Gasteiger charge is -2.33. The summed E-state index contributed by atoms with van der Waals surface area (Å²) in [6.07, 6.45) is 9.45. The van der Waals surface area contributed by atoms with Crippen molar-refractivity contribution in [3.63, 3.8) is 0 Å². The Bertz CT molecular complexity index is 1230. The number of aryl methyl sites for hydroxylation is 1. The number of carbonyl (C=O) groups is 2. The number of amides is 2. The molecule has 2 aromatic heterocycles. The van der Waals surface area contributed by atoms with Gasteiger partial charge in [0.15, 0.2) is 5.82 Å². The van der Waals surface area contributed by atoms with Gasteiger partial charge in [-0.2, -0.15) is 5.10 Å². The molecule has 0 unspecified atom stereocenters. The topological polar surface area (TPSA) is 101 Å². The normalized spacial score (nSPS) is 15.6. The number of aromatic nitrogens is 3. The average molecular weight is 513 g/mol. The highest BCUT2D eigenvalue weighted by atomic mass is 35.5. The van der Waals surface area contributed by atoms with E-state index in [1.54, 1.807) is 11.1 Å². The van der Waals surface area contributed by atoms with Crippen molar-refractivity contribution in [1.82, 2.24) is 19.7 Å². The molecule has 1 fully saturated rings. The van der Waals surface area contributed by atoms with Crippen LogP contribution in [0.4, 0.5) is 15.8 Å². The van der Waals surface area contributed by atoms with Crippen LogP contribution >= 0.6 is 11.6 Å². The Balaban J connectivity index is 1.26. The summed E-state index contributed by atoms with van der Waals surface area (Å²) in [5, 5.41) is 9.50. The molecular weight excluding hydrogens is 487 g/mol. The van der Waals surface area contributed by atoms with Crippen molar-refractivity contribution < 1.29 is 18.7 Å². The summed E-state index contributed by atoms with van der Waals surface area (Å²) >= 11 is 5.88. The number of nitrogens with zero attached hydrogens (tertiary/aromatic N) is 4. The first kappa shape index (κ1) is 25.2. The maximum atomic E-state index is 13.7. The molecule has 36 heavy (non-hydrogen) atoms. The lowest BCUT2D eigenvalue weighted by molar-refractivity contribution is -0.134. The van der Waals surface area contributed by atoms with Gasteiger partial charge < -0.3 is 20.3 Å². The Morgan fingerprint density at radius 1 is 1.25 bits per heavy atom. The van der Waals surface area contributed by atoms with E-state index in [0.29, 0.717) is 18.8 Å². The van der Waals surface area contributed by atoms with Gasteiger partial charge >= 0.3 is 0 Å². The van der Waals surface area contributed by atoms with Gasteiger partial charge in [-0.1, -0.05) is 29.3 Å². The first-order chi connectivity index (χ1) is 17.4. The molecule has 1 atom stereocenters. The van der Waals surface area contributed by atoms with Crippen LogP contribution in [-0.2, 0) is 16.1 Å². The van der Waals surface area contributed by atoms with Crippen molar-refractivity contribution in [2.24, 2.45) is 0 Å². The van der Waals surface area contributed by atoms with Crippen LogP contribution in [0, 0.1) is 12.7 Å². The van der Waals surface area contributed by atoms with Gasteiger partial charge in [0.1, 0.15) is 18.4 Å². The van der Waals surface area contributed by atoms with Crippen LogP contribution in [0.1, 0.15) is 18.4 Å². The molecule has 1 aromatic carbocycles. The number of hydrogen-bond acceptors (Lipinski definition) is 6. The quantitative estimate of drug-likeness (QED) is 0.442. The van der Waals surface area contributed by atoms with E-state index in [9.17, 15) is 14.0 Å². The number of ether oxygens (including phenoxy) is 1. The zero-order valence-electron chi connectivity index (χ0n) is 19.7. The maximum Gasteiger partial charge on any atom is 0.249 e. The molecule has 0 aliphatic carbocycles. The number of likely N-dealkylation sites (tertiary alicyclic amines) is 1. The number of piperidine rings is 1. The molecule has 1 saturated heterocycles. The van der Waals surface area contributed by atoms with E-state index in [1.807, 2.05) is 31.2 Å². The largest absolute Gasteiger partial charge is 0.489 e. The number of anilines is 2. The van der Waals surface area contributed by atoms with Gasteiger partial charge in [-0.15, -0.1) is 0 Å². The average Bonchev–Trinajstić information content (AvgIpc) is 3.29. The smallest absolute Gasteiger partial charge is 0.249 e. The van der Waals surface area contributed by atoms with Crippen molar-refractivity contribution in [2.45, 2.75) is 32.4 Å². The summed E-state index contributed by atoms with van der Waals surface area (Å²) < 4.78 is 21.2. The van der Waals surface area contributed by atoms with Crippen molar-refractivity contribution in [1.29, 1.82) is 0 Å². The molecule has 0 radical (unpaired) electrons. The Morgan fingerprint density at radius 2 is 2.06 bits per heavy atom. The Labute approximate surface area is 212 Å². The monoisotopic (exact) mass is 512 g/mol. The first-order valence-electron chi connectivity index (χ1n) is 11.4. The number of carbonyl (C=O) groups excluding carboxylic acids is 2. The number of hydrogen-bond donors (Lipinski definition) is 2. The third kappa shape index (κ3) is 6.82. The third-order valence-corrected chi connectivity index (χ3v) is 5.85. The van der Waals surface area contributed by atoms with Gasteiger partial charge in [0.25, 0.3) is 0 Å². The predicted molar refractivity (Wildman–Crippen MR) is 134 cm³/mol. The second-order valence-electron chi connectivity index (χ2n) is 8.41. The SMILES string of the molecule is Cc1ccc(O[C@H]2CCCN(C(=O)Cn3cc(NC(=O)C=CNc4c(F)cncc4Cl)cn3)C2)cc1. The van der Waals surface area contributed by atoms with Crippen molar-refractivity contribution in [3.05, 3.63) is 77.7 Å². The molecule has 4 rings (SSSR count). The highest BCUT2D eigenvalue weighted by Gasteiger charge is 2.25. The van der Waals surface area contributed by atoms with Crippen LogP contribution in [0.2, 0.25) is 5.02 Å². The molecule has 2 amide bonds.